The average Bonchev–Trinajstić information content (AvgIpc) is 3.30. The number of nitrogens with one attached hydrogen (secondary N) is 3. The average molecular weight is 501 g/mol. The Hall–Kier alpha value is -4.13. The molecule has 0 aliphatic carbocycles. The predicted molar refractivity (Wildman–Crippen MR) is 140 cm³/mol. The van der Waals surface area contributed by atoms with Crippen molar-refractivity contribution in [2.75, 3.05) is 10.6 Å². The van der Waals surface area contributed by atoms with Gasteiger partial charge in [-0.25, -0.2) is 4.98 Å². The van der Waals surface area contributed by atoms with Crippen LogP contribution in [0.4, 0.5) is 11.4 Å². The Morgan fingerprint density at radius 3 is 2.11 bits per heavy atom. The molecule has 0 saturated carbocycles. The fourth-order valence-electron chi connectivity index (χ4n) is 3.57. The molecule has 5 aromatic rings. The molecule has 4 aromatic carbocycles. The molecule has 0 bridgehead atoms. The summed E-state index contributed by atoms with van der Waals surface area (Å²) in [5.74, 6) is 0.171. The van der Waals surface area contributed by atoms with E-state index in [4.69, 9.17) is 23.2 Å². The zero-order valence-electron chi connectivity index (χ0n) is 18.2. The van der Waals surface area contributed by atoms with Gasteiger partial charge in [-0.05, 0) is 60.7 Å². The van der Waals surface area contributed by atoms with Crippen molar-refractivity contribution >= 4 is 57.4 Å². The van der Waals surface area contributed by atoms with Crippen LogP contribution in [0.25, 0.3) is 22.4 Å². The highest BCUT2D eigenvalue weighted by molar-refractivity contribution is 6.42. The minimum atomic E-state index is -0.299. The Morgan fingerprint density at radius 1 is 0.686 bits per heavy atom. The molecule has 172 valence electrons. The maximum absolute atomic E-state index is 12.6. The molecule has 0 radical (unpaired) electrons. The minimum absolute atomic E-state index is 0.185. The Labute approximate surface area is 210 Å². The lowest BCUT2D eigenvalue weighted by Crippen LogP contribution is -2.11. The molecule has 0 fully saturated rings. The number of aromatic amines is 1. The maximum Gasteiger partial charge on any atom is 0.255 e. The summed E-state index contributed by atoms with van der Waals surface area (Å²) >= 11 is 11.9. The fourth-order valence-corrected chi connectivity index (χ4v) is 3.87. The first-order valence-electron chi connectivity index (χ1n) is 10.7. The van der Waals surface area contributed by atoms with E-state index in [1.165, 1.54) is 6.07 Å². The summed E-state index contributed by atoms with van der Waals surface area (Å²) in [5, 5.41) is 6.43. The summed E-state index contributed by atoms with van der Waals surface area (Å²) in [6.45, 7) is 0. The van der Waals surface area contributed by atoms with E-state index in [9.17, 15) is 9.59 Å². The molecule has 0 saturated heterocycles. The molecule has 5 rings (SSSR count). The van der Waals surface area contributed by atoms with Crippen LogP contribution in [0.15, 0.2) is 91.0 Å². The lowest BCUT2D eigenvalue weighted by Gasteiger charge is -2.06. The van der Waals surface area contributed by atoms with Gasteiger partial charge in [0.05, 0.1) is 21.1 Å². The van der Waals surface area contributed by atoms with Crippen LogP contribution in [0.1, 0.15) is 20.7 Å². The minimum Gasteiger partial charge on any atom is -0.338 e. The monoisotopic (exact) mass is 500 g/mol. The summed E-state index contributed by atoms with van der Waals surface area (Å²) in [5.41, 5.74) is 4.63. The molecule has 35 heavy (non-hydrogen) atoms. The van der Waals surface area contributed by atoms with E-state index in [0.717, 1.165) is 22.3 Å². The lowest BCUT2D eigenvalue weighted by atomic mass is 10.1. The third kappa shape index (κ3) is 5.04. The van der Waals surface area contributed by atoms with Gasteiger partial charge >= 0.3 is 0 Å². The molecule has 0 aliphatic heterocycles. The highest BCUT2D eigenvalue weighted by Gasteiger charge is 2.12. The number of nitrogens with zero attached hydrogens (tertiary/aromatic N) is 1. The van der Waals surface area contributed by atoms with Crippen LogP contribution in [-0.2, 0) is 0 Å². The van der Waals surface area contributed by atoms with E-state index in [1.54, 1.807) is 30.3 Å². The van der Waals surface area contributed by atoms with Gasteiger partial charge in [0, 0.05) is 28.1 Å². The van der Waals surface area contributed by atoms with Gasteiger partial charge in [0.1, 0.15) is 5.82 Å². The van der Waals surface area contributed by atoms with E-state index in [1.807, 2.05) is 54.6 Å². The number of carbonyl (C=O) groups is 2. The van der Waals surface area contributed by atoms with Crippen molar-refractivity contribution in [3.63, 3.8) is 0 Å². The number of para-hydroxylation sites is 1. The third-order valence-corrected chi connectivity index (χ3v) is 6.11. The largest absolute Gasteiger partial charge is 0.338 e. The maximum atomic E-state index is 12.6. The molecule has 1 heterocycles. The van der Waals surface area contributed by atoms with Gasteiger partial charge in [-0.15, -0.1) is 0 Å². The first-order chi connectivity index (χ1) is 17.0. The molecule has 0 aliphatic rings. The van der Waals surface area contributed by atoms with Crippen molar-refractivity contribution < 1.29 is 9.59 Å². The van der Waals surface area contributed by atoms with Crippen LogP contribution in [0.2, 0.25) is 10.0 Å². The van der Waals surface area contributed by atoms with Crippen LogP contribution < -0.4 is 10.6 Å². The number of aromatic nitrogens is 2. The van der Waals surface area contributed by atoms with Crippen molar-refractivity contribution in [2.24, 2.45) is 0 Å². The van der Waals surface area contributed by atoms with Crippen molar-refractivity contribution in [3.05, 3.63) is 112 Å². The lowest BCUT2D eigenvalue weighted by molar-refractivity contribution is 0.101. The van der Waals surface area contributed by atoms with Crippen molar-refractivity contribution in [2.45, 2.75) is 0 Å². The number of carbonyl (C=O) groups excluding carboxylic acids is 2. The SMILES string of the molecule is O=C(Nc1ccccc1)c1ccc(-c2nc3ccc(NC(=O)c4ccc(Cl)c(Cl)c4)cc3[nH]2)cc1. The van der Waals surface area contributed by atoms with Crippen LogP contribution in [0.5, 0.6) is 0 Å². The van der Waals surface area contributed by atoms with Crippen molar-refractivity contribution in [1.82, 2.24) is 9.97 Å². The van der Waals surface area contributed by atoms with Gasteiger partial charge < -0.3 is 15.6 Å². The van der Waals surface area contributed by atoms with Crippen LogP contribution in [-0.4, -0.2) is 21.8 Å². The second-order valence-corrected chi connectivity index (χ2v) is 8.61. The zero-order valence-corrected chi connectivity index (χ0v) is 19.7. The molecule has 3 N–H and O–H groups in total. The number of H-pyrrole nitrogens is 1. The second-order valence-electron chi connectivity index (χ2n) is 7.80. The van der Waals surface area contributed by atoms with Crippen LogP contribution in [0, 0.1) is 0 Å². The number of hydrogen-bond donors (Lipinski definition) is 3. The number of fused-ring (bicyclic) bond motifs is 1. The van der Waals surface area contributed by atoms with E-state index in [0.29, 0.717) is 32.7 Å². The highest BCUT2D eigenvalue weighted by atomic mass is 35.5. The standard InChI is InChI=1S/C27H18Cl2N4O2/c28-21-12-10-18(14-22(21)29)27(35)31-20-11-13-23-24(15-20)33-25(32-23)16-6-8-17(9-7-16)26(34)30-19-4-2-1-3-5-19/h1-15H,(H,30,34)(H,31,35)(H,32,33). The summed E-state index contributed by atoms with van der Waals surface area (Å²) in [4.78, 5) is 32.9. The van der Waals surface area contributed by atoms with Gasteiger partial charge in [-0.3, -0.25) is 9.59 Å². The highest BCUT2D eigenvalue weighted by Crippen LogP contribution is 2.25. The number of imidazole rings is 1. The van der Waals surface area contributed by atoms with E-state index < -0.39 is 0 Å². The predicted octanol–water partition coefficient (Wildman–Crippen LogP) is 7.04. The molecule has 0 spiro atoms. The van der Waals surface area contributed by atoms with Crippen molar-refractivity contribution in [3.8, 4) is 11.4 Å². The number of benzene rings is 4. The molecule has 2 amide bonds. The molecule has 1 aromatic heterocycles. The first-order valence-corrected chi connectivity index (χ1v) is 11.4. The molecule has 0 unspecified atom stereocenters. The zero-order chi connectivity index (χ0) is 24.4. The second kappa shape index (κ2) is 9.62. The van der Waals surface area contributed by atoms with E-state index >= 15 is 0 Å². The summed E-state index contributed by atoms with van der Waals surface area (Å²) in [6, 6.07) is 26.6. The Bertz CT molecular complexity index is 1550. The van der Waals surface area contributed by atoms with Gasteiger partial charge in [-0.2, -0.15) is 0 Å². The van der Waals surface area contributed by atoms with Gasteiger partial charge in [0.25, 0.3) is 11.8 Å². The number of rotatable bonds is 5. The Kier molecular flexibility index (Phi) is 6.23. The summed E-state index contributed by atoms with van der Waals surface area (Å²) in [7, 11) is 0. The third-order valence-electron chi connectivity index (χ3n) is 5.37. The molecular weight excluding hydrogens is 483 g/mol. The topological polar surface area (TPSA) is 86.9 Å². The molecular formula is C27H18Cl2N4O2. The molecule has 0 atom stereocenters. The smallest absolute Gasteiger partial charge is 0.255 e. The Morgan fingerprint density at radius 2 is 1.37 bits per heavy atom. The van der Waals surface area contributed by atoms with Gasteiger partial charge in [0.15, 0.2) is 0 Å². The van der Waals surface area contributed by atoms with Crippen molar-refractivity contribution in [1.29, 1.82) is 0 Å². The normalized spacial score (nSPS) is 10.8. The van der Waals surface area contributed by atoms with Gasteiger partial charge in [0.2, 0.25) is 0 Å². The summed E-state index contributed by atoms with van der Waals surface area (Å²) in [6.07, 6.45) is 0. The van der Waals surface area contributed by atoms with Crippen LogP contribution >= 0.6 is 23.2 Å². The number of hydrogen-bond acceptors (Lipinski definition) is 3. The van der Waals surface area contributed by atoms with E-state index in [-0.39, 0.29) is 11.8 Å². The first kappa shape index (κ1) is 22.7. The number of anilines is 2. The molecule has 6 nitrogen and oxygen atoms in total. The van der Waals surface area contributed by atoms with Crippen LogP contribution in [0.3, 0.4) is 0 Å². The Balaban J connectivity index is 1.32. The molecule has 8 heteroatoms. The number of halogens is 2. The number of amides is 2. The van der Waals surface area contributed by atoms with E-state index in [2.05, 4.69) is 20.6 Å². The quantitative estimate of drug-likeness (QED) is 0.241. The summed E-state index contributed by atoms with van der Waals surface area (Å²) < 4.78 is 0. The fraction of sp³-hybridized carbons (Fsp3) is 0. The van der Waals surface area contributed by atoms with Gasteiger partial charge in [-0.1, -0.05) is 53.5 Å².